The Morgan fingerprint density at radius 2 is 2.40 bits per heavy atom. The number of hydrogen-bond donors (Lipinski definition) is 2. The Bertz CT molecular complexity index is 504. The summed E-state index contributed by atoms with van der Waals surface area (Å²) >= 11 is 0. The monoisotopic (exact) mass is 274 g/mol. The summed E-state index contributed by atoms with van der Waals surface area (Å²) in [5.74, 6) is 1.36. The number of hydrogen-bond acceptors (Lipinski definition) is 4. The first kappa shape index (κ1) is 13.4. The van der Waals surface area contributed by atoms with Crippen LogP contribution in [-0.4, -0.2) is 37.1 Å². The first-order valence-electron chi connectivity index (χ1n) is 7.39. The van der Waals surface area contributed by atoms with Crippen molar-refractivity contribution in [1.82, 2.24) is 15.6 Å². The third kappa shape index (κ3) is 2.16. The van der Waals surface area contributed by atoms with Crippen molar-refractivity contribution in [1.29, 1.82) is 0 Å². The molecule has 2 aliphatic heterocycles. The van der Waals surface area contributed by atoms with Crippen molar-refractivity contribution in [2.75, 3.05) is 25.0 Å². The molecule has 20 heavy (non-hydrogen) atoms. The van der Waals surface area contributed by atoms with Crippen LogP contribution < -0.4 is 15.5 Å². The topological polar surface area (TPSA) is 57.3 Å². The molecule has 0 aromatic carbocycles. The van der Waals surface area contributed by atoms with Crippen LogP contribution in [0.4, 0.5) is 5.82 Å². The minimum atomic E-state index is 0.128. The highest BCUT2D eigenvalue weighted by atomic mass is 16.2. The SMILES string of the molecule is CNC(C)c1cccnc1N1CCCC2C(=O)NCC21. The van der Waals surface area contributed by atoms with Crippen LogP contribution in [0.1, 0.15) is 31.4 Å². The smallest absolute Gasteiger partial charge is 0.225 e. The summed E-state index contributed by atoms with van der Waals surface area (Å²) in [6, 6.07) is 4.61. The fourth-order valence-corrected chi connectivity index (χ4v) is 3.36. The molecule has 2 fully saturated rings. The van der Waals surface area contributed by atoms with Gasteiger partial charge in [-0.2, -0.15) is 0 Å². The van der Waals surface area contributed by atoms with Gasteiger partial charge in [0, 0.05) is 30.9 Å². The van der Waals surface area contributed by atoms with Gasteiger partial charge in [0.05, 0.1) is 12.0 Å². The molecule has 3 unspecified atom stereocenters. The number of piperidine rings is 1. The summed E-state index contributed by atoms with van der Waals surface area (Å²) in [5, 5.41) is 6.28. The van der Waals surface area contributed by atoms with E-state index in [0.717, 1.165) is 31.7 Å². The van der Waals surface area contributed by atoms with E-state index >= 15 is 0 Å². The summed E-state index contributed by atoms with van der Waals surface area (Å²) in [5.41, 5.74) is 1.20. The number of fused-ring (bicyclic) bond motifs is 1. The highest BCUT2D eigenvalue weighted by molar-refractivity contribution is 5.83. The molecule has 2 aliphatic rings. The average Bonchev–Trinajstić information content (AvgIpc) is 2.88. The second-order valence-electron chi connectivity index (χ2n) is 5.68. The molecule has 3 atom stereocenters. The maximum absolute atomic E-state index is 11.9. The standard InChI is InChI=1S/C15H22N4O/c1-10(16-2)11-5-3-7-17-14(11)19-8-4-6-12-13(19)9-18-15(12)20/h3,5,7,10,12-13,16H,4,6,8-9H2,1-2H3,(H,18,20). The van der Waals surface area contributed by atoms with Gasteiger partial charge < -0.3 is 15.5 Å². The number of nitrogens with zero attached hydrogens (tertiary/aromatic N) is 2. The molecule has 3 rings (SSSR count). The van der Waals surface area contributed by atoms with Crippen LogP contribution in [-0.2, 0) is 4.79 Å². The lowest BCUT2D eigenvalue weighted by Crippen LogP contribution is -2.46. The highest BCUT2D eigenvalue weighted by Gasteiger charge is 2.41. The number of amides is 1. The van der Waals surface area contributed by atoms with Gasteiger partial charge in [-0.05, 0) is 32.9 Å². The lowest BCUT2D eigenvalue weighted by molar-refractivity contribution is -0.122. The van der Waals surface area contributed by atoms with Crippen LogP contribution in [0, 0.1) is 5.92 Å². The summed E-state index contributed by atoms with van der Waals surface area (Å²) < 4.78 is 0. The van der Waals surface area contributed by atoms with Crippen molar-refractivity contribution in [3.05, 3.63) is 23.9 Å². The number of pyridine rings is 1. The van der Waals surface area contributed by atoms with E-state index in [1.807, 2.05) is 19.3 Å². The first-order valence-corrected chi connectivity index (χ1v) is 7.39. The second kappa shape index (κ2) is 5.40. The molecule has 0 spiro atoms. The minimum Gasteiger partial charge on any atom is -0.354 e. The molecular formula is C15H22N4O. The zero-order valence-electron chi connectivity index (χ0n) is 12.1. The maximum Gasteiger partial charge on any atom is 0.225 e. The van der Waals surface area contributed by atoms with Gasteiger partial charge in [-0.1, -0.05) is 6.07 Å². The number of rotatable bonds is 3. The van der Waals surface area contributed by atoms with Crippen LogP contribution in [0.15, 0.2) is 18.3 Å². The number of carbonyl (C=O) groups excluding carboxylic acids is 1. The second-order valence-corrected chi connectivity index (χ2v) is 5.68. The summed E-state index contributed by atoms with van der Waals surface area (Å²) in [7, 11) is 1.96. The van der Waals surface area contributed by atoms with Crippen molar-refractivity contribution in [3.63, 3.8) is 0 Å². The van der Waals surface area contributed by atoms with Gasteiger partial charge >= 0.3 is 0 Å². The average molecular weight is 274 g/mol. The van der Waals surface area contributed by atoms with Crippen LogP contribution in [0.3, 0.4) is 0 Å². The summed E-state index contributed by atoms with van der Waals surface area (Å²) in [6.45, 7) is 3.87. The van der Waals surface area contributed by atoms with Crippen molar-refractivity contribution >= 4 is 11.7 Å². The molecule has 1 amide bonds. The highest BCUT2D eigenvalue weighted by Crippen LogP contribution is 2.33. The maximum atomic E-state index is 11.9. The van der Waals surface area contributed by atoms with Gasteiger partial charge in [0.25, 0.3) is 0 Å². The Morgan fingerprint density at radius 3 is 3.20 bits per heavy atom. The molecule has 0 saturated carbocycles. The molecule has 0 radical (unpaired) electrons. The van der Waals surface area contributed by atoms with E-state index in [4.69, 9.17) is 0 Å². The number of aromatic nitrogens is 1. The predicted octanol–water partition coefficient (Wildman–Crippen LogP) is 1.08. The Hall–Kier alpha value is -1.62. The molecule has 5 nitrogen and oxygen atoms in total. The normalized spacial score (nSPS) is 27.1. The van der Waals surface area contributed by atoms with Crippen molar-refractivity contribution in [2.45, 2.75) is 31.8 Å². The fraction of sp³-hybridized carbons (Fsp3) is 0.600. The molecule has 108 valence electrons. The molecule has 2 N–H and O–H groups in total. The Labute approximate surface area is 119 Å². The third-order valence-corrected chi connectivity index (χ3v) is 4.59. The quantitative estimate of drug-likeness (QED) is 0.866. The largest absolute Gasteiger partial charge is 0.354 e. The van der Waals surface area contributed by atoms with E-state index < -0.39 is 0 Å². The van der Waals surface area contributed by atoms with Gasteiger partial charge in [-0.3, -0.25) is 4.79 Å². The zero-order chi connectivity index (χ0) is 14.1. The van der Waals surface area contributed by atoms with Gasteiger partial charge in [-0.15, -0.1) is 0 Å². The molecular weight excluding hydrogens is 252 g/mol. The third-order valence-electron chi connectivity index (χ3n) is 4.59. The summed E-state index contributed by atoms with van der Waals surface area (Å²) in [6.07, 6.45) is 3.89. The van der Waals surface area contributed by atoms with E-state index in [2.05, 4.69) is 33.5 Å². The molecule has 1 aromatic rings. The minimum absolute atomic E-state index is 0.128. The molecule has 0 bridgehead atoms. The lowest BCUT2D eigenvalue weighted by Gasteiger charge is -2.38. The van der Waals surface area contributed by atoms with Crippen molar-refractivity contribution < 1.29 is 4.79 Å². The van der Waals surface area contributed by atoms with Gasteiger partial charge in [0.15, 0.2) is 0 Å². The van der Waals surface area contributed by atoms with Crippen LogP contribution in [0.2, 0.25) is 0 Å². The number of carbonyl (C=O) groups is 1. The van der Waals surface area contributed by atoms with E-state index in [-0.39, 0.29) is 23.9 Å². The summed E-state index contributed by atoms with van der Waals surface area (Å²) in [4.78, 5) is 18.8. The molecule has 3 heterocycles. The molecule has 5 heteroatoms. The van der Waals surface area contributed by atoms with E-state index in [9.17, 15) is 4.79 Å². The predicted molar refractivity (Wildman–Crippen MR) is 78.6 cm³/mol. The lowest BCUT2D eigenvalue weighted by atomic mass is 9.91. The fourth-order valence-electron chi connectivity index (χ4n) is 3.36. The Balaban J connectivity index is 1.94. The Kier molecular flexibility index (Phi) is 3.61. The van der Waals surface area contributed by atoms with E-state index in [1.165, 1.54) is 5.56 Å². The van der Waals surface area contributed by atoms with Gasteiger partial charge in [-0.25, -0.2) is 4.98 Å². The van der Waals surface area contributed by atoms with Crippen LogP contribution in [0.5, 0.6) is 0 Å². The molecule has 2 saturated heterocycles. The van der Waals surface area contributed by atoms with Crippen molar-refractivity contribution in [2.24, 2.45) is 5.92 Å². The van der Waals surface area contributed by atoms with E-state index in [1.54, 1.807) is 0 Å². The van der Waals surface area contributed by atoms with Crippen molar-refractivity contribution in [3.8, 4) is 0 Å². The Morgan fingerprint density at radius 1 is 1.55 bits per heavy atom. The van der Waals surface area contributed by atoms with Gasteiger partial charge in [0.2, 0.25) is 5.91 Å². The first-order chi connectivity index (χ1) is 9.72. The molecule has 0 aliphatic carbocycles. The van der Waals surface area contributed by atoms with Crippen LogP contribution in [0.25, 0.3) is 0 Å². The van der Waals surface area contributed by atoms with E-state index in [0.29, 0.717) is 0 Å². The van der Waals surface area contributed by atoms with Gasteiger partial charge in [0.1, 0.15) is 5.82 Å². The van der Waals surface area contributed by atoms with Crippen LogP contribution >= 0.6 is 0 Å². The number of anilines is 1. The number of nitrogens with one attached hydrogen (secondary N) is 2. The zero-order valence-corrected chi connectivity index (χ0v) is 12.1. The molecule has 1 aromatic heterocycles.